The van der Waals surface area contributed by atoms with Crippen LogP contribution >= 0.6 is 11.3 Å². The SMILES string of the molecule is Cc1nc(NCC2CC2)nc(N[C@H]2CC[C@@H](CO)C2)c1C#Cc1ccc(-c2ccccn2)s1. The standard InChI is InChI=1S/C26H29N5OS/c1-17-22(11-9-21-10-12-24(33-21)23-4-2-3-13-27-23)25(30-20-8-7-19(14-20)16-32)31-26(29-17)28-15-18-5-6-18/h2-4,10,12-13,18-20,32H,5-8,14-16H2,1H3,(H2,28,29,30,31)/t19-,20+/m1/s1. The molecule has 2 saturated carbocycles. The number of aliphatic hydroxyl groups excluding tert-OH is 1. The van der Waals surface area contributed by atoms with Gasteiger partial charge in [-0.2, -0.15) is 4.98 Å². The lowest BCUT2D eigenvalue weighted by atomic mass is 10.1. The Morgan fingerprint density at radius 3 is 2.70 bits per heavy atom. The van der Waals surface area contributed by atoms with Crippen molar-refractivity contribution in [2.45, 2.75) is 45.1 Å². The topological polar surface area (TPSA) is 83.0 Å². The maximum atomic E-state index is 9.53. The highest BCUT2D eigenvalue weighted by Gasteiger charge is 2.26. The van der Waals surface area contributed by atoms with Crippen molar-refractivity contribution in [3.05, 3.63) is 52.7 Å². The molecule has 33 heavy (non-hydrogen) atoms. The van der Waals surface area contributed by atoms with Crippen LogP contribution in [0, 0.1) is 30.6 Å². The van der Waals surface area contributed by atoms with Gasteiger partial charge in [0.25, 0.3) is 0 Å². The van der Waals surface area contributed by atoms with Crippen LogP contribution in [0.1, 0.15) is 48.2 Å². The van der Waals surface area contributed by atoms with Crippen molar-refractivity contribution in [1.82, 2.24) is 15.0 Å². The van der Waals surface area contributed by atoms with Gasteiger partial charge in [0.2, 0.25) is 5.95 Å². The summed E-state index contributed by atoms with van der Waals surface area (Å²) in [6.45, 7) is 3.17. The zero-order chi connectivity index (χ0) is 22.6. The third kappa shape index (κ3) is 5.52. The number of nitrogens with zero attached hydrogens (tertiary/aromatic N) is 3. The van der Waals surface area contributed by atoms with Gasteiger partial charge in [0.05, 0.1) is 26.7 Å². The summed E-state index contributed by atoms with van der Waals surface area (Å²) in [4.78, 5) is 16.0. The number of aliphatic hydroxyl groups is 1. The van der Waals surface area contributed by atoms with Crippen molar-refractivity contribution in [2.24, 2.45) is 11.8 Å². The molecule has 5 rings (SSSR count). The highest BCUT2D eigenvalue weighted by atomic mass is 32.1. The number of hydrogen-bond acceptors (Lipinski definition) is 7. The fourth-order valence-corrected chi connectivity index (χ4v) is 5.04. The van der Waals surface area contributed by atoms with Crippen LogP contribution in [0.5, 0.6) is 0 Å². The van der Waals surface area contributed by atoms with E-state index in [9.17, 15) is 5.11 Å². The van der Waals surface area contributed by atoms with E-state index < -0.39 is 0 Å². The number of rotatable bonds is 7. The first-order valence-electron chi connectivity index (χ1n) is 11.7. The number of pyridine rings is 1. The van der Waals surface area contributed by atoms with E-state index >= 15 is 0 Å². The number of thiophene rings is 1. The Kier molecular flexibility index (Phi) is 6.56. The minimum absolute atomic E-state index is 0.249. The van der Waals surface area contributed by atoms with Gasteiger partial charge in [0, 0.05) is 25.4 Å². The number of aryl methyl sites for hydroxylation is 1. The Labute approximate surface area is 198 Å². The average Bonchev–Trinajstić information content (AvgIpc) is 3.35. The molecule has 0 aromatic carbocycles. The van der Waals surface area contributed by atoms with Gasteiger partial charge in [-0.3, -0.25) is 4.98 Å². The lowest BCUT2D eigenvalue weighted by molar-refractivity contribution is 0.229. The Bertz CT molecular complexity index is 1160. The molecule has 0 radical (unpaired) electrons. The number of aromatic nitrogens is 3. The molecule has 6 nitrogen and oxygen atoms in total. The minimum Gasteiger partial charge on any atom is -0.396 e. The van der Waals surface area contributed by atoms with Crippen molar-refractivity contribution in [2.75, 3.05) is 23.8 Å². The van der Waals surface area contributed by atoms with Crippen LogP contribution in [0.4, 0.5) is 11.8 Å². The molecule has 3 aromatic heterocycles. The number of anilines is 2. The first-order chi connectivity index (χ1) is 16.2. The second kappa shape index (κ2) is 9.90. The third-order valence-corrected chi connectivity index (χ3v) is 7.33. The molecule has 0 amide bonds. The van der Waals surface area contributed by atoms with E-state index in [4.69, 9.17) is 9.97 Å². The fourth-order valence-electron chi connectivity index (χ4n) is 4.20. The monoisotopic (exact) mass is 459 g/mol. The molecule has 0 aliphatic heterocycles. The molecule has 2 aliphatic rings. The van der Waals surface area contributed by atoms with Gasteiger partial charge in [-0.05, 0) is 75.1 Å². The molecule has 3 N–H and O–H groups in total. The molecule has 0 unspecified atom stereocenters. The molecule has 2 fully saturated rings. The number of nitrogens with one attached hydrogen (secondary N) is 2. The minimum atomic E-state index is 0.249. The van der Waals surface area contributed by atoms with Gasteiger partial charge >= 0.3 is 0 Å². The van der Waals surface area contributed by atoms with Gasteiger partial charge < -0.3 is 15.7 Å². The predicted octanol–water partition coefficient (Wildman–Crippen LogP) is 4.70. The van der Waals surface area contributed by atoms with Gasteiger partial charge in [-0.15, -0.1) is 11.3 Å². The lowest BCUT2D eigenvalue weighted by Crippen LogP contribution is -2.20. The molecule has 2 atom stereocenters. The van der Waals surface area contributed by atoms with Crippen molar-refractivity contribution in [3.8, 4) is 22.4 Å². The molecule has 170 valence electrons. The Balaban J connectivity index is 1.40. The van der Waals surface area contributed by atoms with Crippen LogP contribution in [0.2, 0.25) is 0 Å². The van der Waals surface area contributed by atoms with Gasteiger partial charge in [0.1, 0.15) is 5.82 Å². The zero-order valence-electron chi connectivity index (χ0n) is 18.8. The molecular weight excluding hydrogens is 430 g/mol. The van der Waals surface area contributed by atoms with Gasteiger partial charge in [0.15, 0.2) is 0 Å². The molecule has 0 bridgehead atoms. The van der Waals surface area contributed by atoms with E-state index in [1.54, 1.807) is 11.3 Å². The van der Waals surface area contributed by atoms with Crippen LogP contribution in [0.15, 0.2) is 36.5 Å². The molecule has 3 heterocycles. The van der Waals surface area contributed by atoms with E-state index in [0.29, 0.717) is 17.9 Å². The molecule has 7 heteroatoms. The van der Waals surface area contributed by atoms with Crippen LogP contribution < -0.4 is 10.6 Å². The fraction of sp³-hybridized carbons (Fsp3) is 0.423. The second-order valence-electron chi connectivity index (χ2n) is 9.01. The summed E-state index contributed by atoms with van der Waals surface area (Å²) in [7, 11) is 0. The van der Waals surface area contributed by atoms with Crippen molar-refractivity contribution in [3.63, 3.8) is 0 Å². The average molecular weight is 460 g/mol. The molecule has 0 spiro atoms. The molecule has 2 aliphatic carbocycles. The summed E-state index contributed by atoms with van der Waals surface area (Å²) < 4.78 is 0. The normalized spacial score (nSPS) is 19.7. The maximum absolute atomic E-state index is 9.53. The summed E-state index contributed by atoms with van der Waals surface area (Å²) >= 11 is 1.64. The Morgan fingerprint density at radius 1 is 1.06 bits per heavy atom. The lowest BCUT2D eigenvalue weighted by Gasteiger charge is -2.17. The van der Waals surface area contributed by atoms with Gasteiger partial charge in [-0.1, -0.05) is 17.9 Å². The highest BCUT2D eigenvalue weighted by molar-refractivity contribution is 7.16. The highest BCUT2D eigenvalue weighted by Crippen LogP contribution is 2.31. The Morgan fingerprint density at radius 2 is 1.94 bits per heavy atom. The largest absolute Gasteiger partial charge is 0.396 e. The van der Waals surface area contributed by atoms with Crippen LogP contribution in [-0.2, 0) is 0 Å². The van der Waals surface area contributed by atoms with E-state index in [-0.39, 0.29) is 6.61 Å². The van der Waals surface area contributed by atoms with Crippen LogP contribution in [0.25, 0.3) is 10.6 Å². The molecule has 0 saturated heterocycles. The quantitative estimate of drug-likeness (QED) is 0.444. The summed E-state index contributed by atoms with van der Waals surface area (Å²) in [5.41, 5.74) is 2.67. The van der Waals surface area contributed by atoms with E-state index in [1.807, 2.05) is 37.4 Å². The predicted molar refractivity (Wildman–Crippen MR) is 133 cm³/mol. The first kappa shape index (κ1) is 21.9. The first-order valence-corrected chi connectivity index (χ1v) is 12.5. The summed E-state index contributed by atoms with van der Waals surface area (Å²) in [6.07, 6.45) is 7.40. The third-order valence-electron chi connectivity index (χ3n) is 6.31. The smallest absolute Gasteiger partial charge is 0.224 e. The summed E-state index contributed by atoms with van der Waals surface area (Å²) in [5, 5.41) is 16.5. The van der Waals surface area contributed by atoms with E-state index in [0.717, 1.165) is 64.2 Å². The molecule has 3 aromatic rings. The summed E-state index contributed by atoms with van der Waals surface area (Å²) in [6, 6.07) is 10.3. The zero-order valence-corrected chi connectivity index (χ0v) is 19.7. The second-order valence-corrected chi connectivity index (χ2v) is 10.1. The van der Waals surface area contributed by atoms with E-state index in [1.165, 1.54) is 12.8 Å². The van der Waals surface area contributed by atoms with E-state index in [2.05, 4.69) is 33.5 Å². The van der Waals surface area contributed by atoms with Crippen molar-refractivity contribution >= 4 is 23.1 Å². The molecular formula is C26H29N5OS. The van der Waals surface area contributed by atoms with Crippen LogP contribution in [-0.4, -0.2) is 39.3 Å². The van der Waals surface area contributed by atoms with Crippen molar-refractivity contribution in [1.29, 1.82) is 0 Å². The van der Waals surface area contributed by atoms with Gasteiger partial charge in [-0.25, -0.2) is 4.98 Å². The maximum Gasteiger partial charge on any atom is 0.224 e. The number of hydrogen-bond donors (Lipinski definition) is 3. The van der Waals surface area contributed by atoms with Crippen molar-refractivity contribution < 1.29 is 5.11 Å². The summed E-state index contributed by atoms with van der Waals surface area (Å²) in [5.74, 6) is 9.23. The van der Waals surface area contributed by atoms with Crippen LogP contribution in [0.3, 0.4) is 0 Å². The Hall–Kier alpha value is -2.95.